The zero-order valence-electron chi connectivity index (χ0n) is 9.89. The maximum atomic E-state index is 10.4. The Morgan fingerprint density at radius 2 is 2.12 bits per heavy atom. The normalized spacial score (nSPS) is 12.7. The number of aromatic nitrogens is 2. The Morgan fingerprint density at radius 1 is 1.41 bits per heavy atom. The van der Waals surface area contributed by atoms with E-state index < -0.39 is 6.10 Å². The van der Waals surface area contributed by atoms with Gasteiger partial charge in [-0.2, -0.15) is 5.10 Å². The third-order valence-electron chi connectivity index (χ3n) is 2.93. The molecule has 0 aliphatic rings. The Bertz CT molecular complexity index is 502. The molecule has 0 saturated carbocycles. The summed E-state index contributed by atoms with van der Waals surface area (Å²) in [5.41, 5.74) is 2.64. The van der Waals surface area contributed by atoms with Gasteiger partial charge in [0.15, 0.2) is 0 Å². The topological polar surface area (TPSA) is 38.1 Å². The first-order chi connectivity index (χ1) is 8.15. The molecule has 0 amide bonds. The van der Waals surface area contributed by atoms with Gasteiger partial charge in [0.25, 0.3) is 0 Å². The standard InChI is InChI=1S/C13H15ClN2O/c1-3-9-6-4-5-7-10(9)13(17)12-11(14)8-15-16(12)2/h4-8,13,17H,3H2,1-2H3. The second-order valence-electron chi connectivity index (χ2n) is 3.96. The van der Waals surface area contributed by atoms with Crippen molar-refractivity contribution in [3.05, 3.63) is 52.3 Å². The van der Waals surface area contributed by atoms with Gasteiger partial charge < -0.3 is 5.11 Å². The highest BCUT2D eigenvalue weighted by molar-refractivity contribution is 6.31. The largest absolute Gasteiger partial charge is 0.382 e. The van der Waals surface area contributed by atoms with Crippen LogP contribution < -0.4 is 0 Å². The van der Waals surface area contributed by atoms with Gasteiger partial charge in [-0.1, -0.05) is 42.8 Å². The molecule has 1 heterocycles. The molecule has 1 N–H and O–H groups in total. The average Bonchev–Trinajstić information content (AvgIpc) is 2.68. The van der Waals surface area contributed by atoms with Crippen LogP contribution in [0.4, 0.5) is 0 Å². The minimum Gasteiger partial charge on any atom is -0.382 e. The Morgan fingerprint density at radius 3 is 2.71 bits per heavy atom. The number of aryl methyl sites for hydroxylation is 2. The lowest BCUT2D eigenvalue weighted by Crippen LogP contribution is -2.09. The summed E-state index contributed by atoms with van der Waals surface area (Å²) < 4.78 is 1.61. The smallest absolute Gasteiger partial charge is 0.122 e. The molecule has 1 atom stereocenters. The zero-order valence-corrected chi connectivity index (χ0v) is 10.6. The van der Waals surface area contributed by atoms with Crippen LogP contribution in [0.3, 0.4) is 0 Å². The van der Waals surface area contributed by atoms with Crippen molar-refractivity contribution < 1.29 is 5.11 Å². The summed E-state index contributed by atoms with van der Waals surface area (Å²) in [6.45, 7) is 2.07. The van der Waals surface area contributed by atoms with E-state index in [9.17, 15) is 5.11 Å². The van der Waals surface area contributed by atoms with Crippen molar-refractivity contribution in [1.29, 1.82) is 0 Å². The summed E-state index contributed by atoms with van der Waals surface area (Å²) >= 11 is 6.04. The van der Waals surface area contributed by atoms with Gasteiger partial charge in [-0.15, -0.1) is 0 Å². The summed E-state index contributed by atoms with van der Waals surface area (Å²) in [5.74, 6) is 0. The molecule has 17 heavy (non-hydrogen) atoms. The quantitative estimate of drug-likeness (QED) is 0.910. The number of aliphatic hydroxyl groups is 1. The predicted molar refractivity (Wildman–Crippen MR) is 68.1 cm³/mol. The van der Waals surface area contributed by atoms with Gasteiger partial charge in [-0.05, 0) is 17.5 Å². The number of halogens is 1. The average molecular weight is 251 g/mol. The second-order valence-corrected chi connectivity index (χ2v) is 4.36. The molecule has 1 aromatic carbocycles. The Balaban J connectivity index is 2.47. The molecular weight excluding hydrogens is 236 g/mol. The number of aliphatic hydroxyl groups excluding tert-OH is 1. The monoisotopic (exact) mass is 250 g/mol. The first-order valence-corrected chi connectivity index (χ1v) is 5.96. The predicted octanol–water partition coefficient (Wildman–Crippen LogP) is 2.72. The summed E-state index contributed by atoms with van der Waals surface area (Å²) in [4.78, 5) is 0. The van der Waals surface area contributed by atoms with Crippen molar-refractivity contribution in [3.63, 3.8) is 0 Å². The van der Waals surface area contributed by atoms with Gasteiger partial charge >= 0.3 is 0 Å². The van der Waals surface area contributed by atoms with Crippen molar-refractivity contribution in [2.45, 2.75) is 19.4 Å². The number of hydrogen-bond acceptors (Lipinski definition) is 2. The number of rotatable bonds is 3. The molecule has 2 aromatic rings. The van der Waals surface area contributed by atoms with Crippen molar-refractivity contribution in [2.24, 2.45) is 7.05 Å². The van der Waals surface area contributed by atoms with Crippen LogP contribution in [0.2, 0.25) is 5.02 Å². The van der Waals surface area contributed by atoms with Crippen molar-refractivity contribution in [3.8, 4) is 0 Å². The molecule has 1 aromatic heterocycles. The van der Waals surface area contributed by atoms with E-state index in [-0.39, 0.29) is 0 Å². The molecule has 0 aliphatic carbocycles. The maximum Gasteiger partial charge on any atom is 0.122 e. The molecule has 0 radical (unpaired) electrons. The summed E-state index contributed by atoms with van der Waals surface area (Å²) in [7, 11) is 1.78. The van der Waals surface area contributed by atoms with Crippen LogP contribution in [0.25, 0.3) is 0 Å². The molecule has 0 saturated heterocycles. The molecular formula is C13H15ClN2O. The molecule has 0 fully saturated rings. The maximum absolute atomic E-state index is 10.4. The van der Waals surface area contributed by atoms with Gasteiger partial charge in [-0.25, -0.2) is 0 Å². The SMILES string of the molecule is CCc1ccccc1C(O)c1c(Cl)cnn1C. The van der Waals surface area contributed by atoms with Crippen LogP contribution in [0.15, 0.2) is 30.5 Å². The molecule has 2 rings (SSSR count). The number of hydrogen-bond donors (Lipinski definition) is 1. The molecule has 3 nitrogen and oxygen atoms in total. The van der Waals surface area contributed by atoms with Crippen molar-refractivity contribution >= 4 is 11.6 Å². The van der Waals surface area contributed by atoms with E-state index in [4.69, 9.17) is 11.6 Å². The Kier molecular flexibility index (Phi) is 3.50. The van der Waals surface area contributed by atoms with Crippen LogP contribution >= 0.6 is 11.6 Å². The van der Waals surface area contributed by atoms with E-state index in [1.807, 2.05) is 24.3 Å². The van der Waals surface area contributed by atoms with Gasteiger partial charge in [0.05, 0.1) is 16.9 Å². The Labute approximate surface area is 106 Å². The summed E-state index contributed by atoms with van der Waals surface area (Å²) in [6, 6.07) is 7.83. The minimum atomic E-state index is -0.730. The van der Waals surface area contributed by atoms with Crippen molar-refractivity contribution in [2.75, 3.05) is 0 Å². The molecule has 1 unspecified atom stereocenters. The molecule has 0 spiro atoms. The zero-order chi connectivity index (χ0) is 12.4. The number of nitrogens with zero attached hydrogens (tertiary/aromatic N) is 2. The van der Waals surface area contributed by atoms with E-state index in [0.29, 0.717) is 10.7 Å². The van der Waals surface area contributed by atoms with Gasteiger partial charge in [0, 0.05) is 7.05 Å². The third-order valence-corrected chi connectivity index (χ3v) is 3.22. The lowest BCUT2D eigenvalue weighted by atomic mass is 9.98. The summed E-state index contributed by atoms with van der Waals surface area (Å²) in [6.07, 6.45) is 1.70. The molecule has 0 aliphatic heterocycles. The fraction of sp³-hybridized carbons (Fsp3) is 0.308. The van der Waals surface area contributed by atoms with E-state index in [1.165, 1.54) is 0 Å². The highest BCUT2D eigenvalue weighted by Crippen LogP contribution is 2.29. The van der Waals surface area contributed by atoms with E-state index >= 15 is 0 Å². The van der Waals surface area contributed by atoms with Crippen LogP contribution in [0, 0.1) is 0 Å². The molecule has 4 heteroatoms. The fourth-order valence-corrected chi connectivity index (χ4v) is 2.27. The van der Waals surface area contributed by atoms with Crippen LogP contribution in [0.1, 0.15) is 29.8 Å². The minimum absolute atomic E-state index is 0.492. The second kappa shape index (κ2) is 4.90. The lowest BCUT2D eigenvalue weighted by Gasteiger charge is -2.15. The van der Waals surface area contributed by atoms with E-state index in [2.05, 4.69) is 12.0 Å². The van der Waals surface area contributed by atoms with E-state index in [0.717, 1.165) is 17.5 Å². The third kappa shape index (κ3) is 2.21. The highest BCUT2D eigenvalue weighted by atomic mass is 35.5. The highest BCUT2D eigenvalue weighted by Gasteiger charge is 2.20. The number of benzene rings is 1. The Hall–Kier alpha value is -1.32. The van der Waals surface area contributed by atoms with Crippen LogP contribution in [-0.2, 0) is 13.5 Å². The lowest BCUT2D eigenvalue weighted by molar-refractivity contribution is 0.209. The fourth-order valence-electron chi connectivity index (χ4n) is 2.00. The van der Waals surface area contributed by atoms with E-state index in [1.54, 1.807) is 17.9 Å². The van der Waals surface area contributed by atoms with Crippen molar-refractivity contribution in [1.82, 2.24) is 9.78 Å². The van der Waals surface area contributed by atoms with Gasteiger partial charge in [-0.3, -0.25) is 4.68 Å². The first-order valence-electron chi connectivity index (χ1n) is 5.58. The van der Waals surface area contributed by atoms with Crippen LogP contribution in [0.5, 0.6) is 0 Å². The molecule has 90 valence electrons. The van der Waals surface area contributed by atoms with Crippen LogP contribution in [-0.4, -0.2) is 14.9 Å². The van der Waals surface area contributed by atoms with Gasteiger partial charge in [0.1, 0.15) is 6.10 Å². The molecule has 0 bridgehead atoms. The summed E-state index contributed by atoms with van der Waals surface area (Å²) in [5, 5.41) is 14.9. The first kappa shape index (κ1) is 12.1. The van der Waals surface area contributed by atoms with Gasteiger partial charge in [0.2, 0.25) is 0 Å².